The molecule has 5 N–H and O–H groups in total. The topological polar surface area (TPSA) is 253 Å². The first-order valence-corrected chi connectivity index (χ1v) is 20.1. The minimum atomic E-state index is -3.55. The maximum Gasteiger partial charge on any atom is 0.287 e. The third-order valence-corrected chi connectivity index (χ3v) is 12.8. The first-order valence-electron chi connectivity index (χ1n) is 18.3. The maximum atomic E-state index is 14.8. The van der Waals surface area contributed by atoms with Crippen molar-refractivity contribution in [3.63, 3.8) is 0 Å². The van der Waals surface area contributed by atoms with E-state index in [1.807, 2.05) is 0 Å². The van der Waals surface area contributed by atoms with Gasteiger partial charge in [0.25, 0.3) is 17.7 Å². The minimum Gasteiger partial charge on any atom is -0.384 e. The first kappa shape index (κ1) is 38.9. The van der Waals surface area contributed by atoms with Gasteiger partial charge in [-0.1, -0.05) is 61.6 Å². The van der Waals surface area contributed by atoms with Gasteiger partial charge < -0.3 is 26.4 Å². The van der Waals surface area contributed by atoms with E-state index in [2.05, 4.69) is 25.9 Å². The zero-order chi connectivity index (χ0) is 39.0. The number of dihydropyridines is 1. The predicted octanol–water partition coefficient (Wildman–Crippen LogP) is -0.129. The van der Waals surface area contributed by atoms with E-state index >= 15 is 0 Å². The van der Waals surface area contributed by atoms with Crippen LogP contribution in [0.5, 0.6) is 0 Å². The maximum absolute atomic E-state index is 14.8. The van der Waals surface area contributed by atoms with Crippen molar-refractivity contribution in [1.82, 2.24) is 30.5 Å². The Morgan fingerprint density at radius 2 is 1.80 bits per heavy atom. The van der Waals surface area contributed by atoms with E-state index in [0.717, 1.165) is 32.1 Å². The molecule has 3 aliphatic heterocycles. The van der Waals surface area contributed by atoms with E-state index in [0.29, 0.717) is 11.3 Å². The number of Topliss-reactive ketones (excluding diaryl/α,β-unsaturated/α-hetero) is 1. The van der Waals surface area contributed by atoms with Gasteiger partial charge >= 0.3 is 0 Å². The summed E-state index contributed by atoms with van der Waals surface area (Å²) in [5.74, 6) is -6.67. The number of nitrogens with one attached hydrogen (secondary N) is 2. The number of fused-ring (bicyclic) bond motifs is 1. The number of amides is 5. The molecule has 17 nitrogen and oxygen atoms in total. The zero-order valence-corrected chi connectivity index (χ0v) is 31.1. The Labute approximate surface area is 312 Å². The Morgan fingerprint density at radius 3 is 2.46 bits per heavy atom. The summed E-state index contributed by atoms with van der Waals surface area (Å²) in [4.78, 5) is 86.5. The molecule has 4 heterocycles. The van der Waals surface area contributed by atoms with E-state index < -0.39 is 91.8 Å². The van der Waals surface area contributed by atoms with Crippen molar-refractivity contribution < 1.29 is 42.3 Å². The number of carbonyl (C=O) groups is 6. The Kier molecular flexibility index (Phi) is 10.9. The summed E-state index contributed by atoms with van der Waals surface area (Å²) in [6, 6.07) is -3.16. The lowest BCUT2D eigenvalue weighted by Crippen LogP contribution is -2.64. The van der Waals surface area contributed by atoms with Gasteiger partial charge in [-0.2, -0.15) is 0 Å². The smallest absolute Gasteiger partial charge is 0.287 e. The number of aliphatic imine (C=N–C) groups is 1. The summed E-state index contributed by atoms with van der Waals surface area (Å²) >= 11 is 0. The second-order valence-corrected chi connectivity index (χ2v) is 17.7. The number of ketones is 1. The van der Waals surface area contributed by atoms with E-state index in [9.17, 15) is 42.3 Å². The van der Waals surface area contributed by atoms with Gasteiger partial charge in [-0.15, -0.1) is 5.10 Å². The number of aromatic nitrogens is 3. The summed E-state index contributed by atoms with van der Waals surface area (Å²) in [6.07, 6.45) is 13.7. The van der Waals surface area contributed by atoms with E-state index in [1.165, 1.54) is 35.7 Å². The molecule has 5 amide bonds. The fourth-order valence-electron chi connectivity index (χ4n) is 8.11. The van der Waals surface area contributed by atoms with Crippen molar-refractivity contribution in [3.05, 3.63) is 47.8 Å². The van der Waals surface area contributed by atoms with Gasteiger partial charge in [0.2, 0.25) is 17.6 Å². The van der Waals surface area contributed by atoms with Gasteiger partial charge in [0, 0.05) is 13.0 Å². The predicted molar refractivity (Wildman–Crippen MR) is 193 cm³/mol. The number of likely N-dealkylation sites (tertiary alicyclic amines) is 1. The van der Waals surface area contributed by atoms with Crippen LogP contribution in [0, 0.1) is 11.8 Å². The quantitative estimate of drug-likeness (QED) is 0.216. The number of hydrogen-bond acceptors (Lipinski definition) is 11. The molecular formula is C36H46N8O9S. The molecule has 4 atom stereocenters. The second kappa shape index (κ2) is 15.1. The lowest BCUT2D eigenvalue weighted by Gasteiger charge is -2.37. The molecular weight excluding hydrogens is 721 g/mol. The van der Waals surface area contributed by atoms with Crippen LogP contribution in [0.4, 0.5) is 0 Å². The van der Waals surface area contributed by atoms with Crippen LogP contribution in [-0.2, 0) is 44.2 Å². The number of aliphatic hydroxyl groups is 1. The van der Waals surface area contributed by atoms with E-state index in [1.54, 1.807) is 24.3 Å². The van der Waals surface area contributed by atoms with Gasteiger partial charge in [-0.05, 0) is 50.7 Å². The van der Waals surface area contributed by atoms with Gasteiger partial charge in [0.15, 0.2) is 9.84 Å². The van der Waals surface area contributed by atoms with Crippen LogP contribution in [0.15, 0.2) is 47.1 Å². The SMILES string of the molecule is CC(C)(O)c1cnnn1[C@H]1C[C@@H](C(=O)NC2(C(=O)C(N)=O)CCS(=O)(=O)CC2)N(C(=O)[C@@H](CC2CCCCC2)NC(=O)C2=NC(=O)C3C=CC=CC3=C2)C1. The molecule has 1 aromatic heterocycles. The van der Waals surface area contributed by atoms with E-state index in [-0.39, 0.29) is 43.9 Å². The number of carbonyl (C=O) groups excluding carboxylic acids is 6. The average Bonchev–Trinajstić information content (AvgIpc) is 3.81. The molecule has 290 valence electrons. The number of sulfone groups is 1. The summed E-state index contributed by atoms with van der Waals surface area (Å²) in [6.45, 7) is 2.95. The molecule has 0 aromatic carbocycles. The summed E-state index contributed by atoms with van der Waals surface area (Å²) in [5, 5.41) is 24.4. The highest BCUT2D eigenvalue weighted by atomic mass is 32.2. The standard InChI is InChI=1S/C36H46N8O9S/c1-35(2,51)28-19-38-42-44(28)23-18-27(33(49)41-36(29(45)30(37)46)12-14-54(52,53)15-13-36)43(20-23)34(50)26(16-21-8-4-3-5-9-21)40-32(48)25-17-22-10-6-7-11-24(22)31(47)39-25/h6-7,10-11,17,19,21,23-24,26-27,51H,3-5,8-9,12-16,18,20H2,1-2H3,(H2,37,46)(H,40,48)(H,41,49)/t23-,24?,26+,27-/m0/s1. The Balaban J connectivity index is 1.33. The number of rotatable bonds is 11. The number of allylic oxidation sites excluding steroid dienone is 3. The molecule has 18 heteroatoms. The number of hydrogen-bond donors (Lipinski definition) is 4. The Hall–Kier alpha value is -4.84. The molecule has 5 aliphatic rings. The molecule has 0 spiro atoms. The van der Waals surface area contributed by atoms with Gasteiger partial charge in [0.1, 0.15) is 28.9 Å². The highest BCUT2D eigenvalue weighted by molar-refractivity contribution is 7.91. The largest absolute Gasteiger partial charge is 0.384 e. The lowest BCUT2D eigenvalue weighted by atomic mass is 9.84. The van der Waals surface area contributed by atoms with Crippen LogP contribution >= 0.6 is 0 Å². The van der Waals surface area contributed by atoms with Crippen LogP contribution in [0.25, 0.3) is 0 Å². The molecule has 1 saturated carbocycles. The molecule has 3 fully saturated rings. The minimum absolute atomic E-state index is 0.0677. The molecule has 2 aliphatic carbocycles. The van der Waals surface area contributed by atoms with Gasteiger partial charge in [-0.3, -0.25) is 28.8 Å². The normalized spacial score (nSPS) is 25.6. The average molecular weight is 767 g/mol. The fraction of sp³-hybridized carbons (Fsp3) is 0.583. The van der Waals surface area contributed by atoms with Crippen LogP contribution in [0.1, 0.15) is 83.4 Å². The molecule has 1 aromatic rings. The third kappa shape index (κ3) is 8.13. The summed E-state index contributed by atoms with van der Waals surface area (Å²) in [5.41, 5.74) is 2.79. The molecule has 0 bridgehead atoms. The number of nitrogens with two attached hydrogens (primary N) is 1. The first-order chi connectivity index (χ1) is 25.5. The van der Waals surface area contributed by atoms with Crippen molar-refractivity contribution in [2.45, 2.75) is 101 Å². The Bertz CT molecular complexity index is 1950. The van der Waals surface area contributed by atoms with Crippen molar-refractivity contribution in [2.75, 3.05) is 18.1 Å². The highest BCUT2D eigenvalue weighted by Gasteiger charge is 2.51. The van der Waals surface area contributed by atoms with Crippen molar-refractivity contribution in [1.29, 1.82) is 0 Å². The molecule has 1 unspecified atom stereocenters. The number of nitrogens with zero attached hydrogens (tertiary/aromatic N) is 5. The molecule has 2 saturated heterocycles. The van der Waals surface area contributed by atoms with Crippen molar-refractivity contribution >= 4 is 50.9 Å². The molecule has 54 heavy (non-hydrogen) atoms. The third-order valence-electron chi connectivity index (χ3n) is 11.1. The van der Waals surface area contributed by atoms with Gasteiger partial charge in [-0.25, -0.2) is 18.1 Å². The van der Waals surface area contributed by atoms with Crippen molar-refractivity contribution in [3.8, 4) is 0 Å². The Morgan fingerprint density at radius 1 is 1.09 bits per heavy atom. The summed E-state index contributed by atoms with van der Waals surface area (Å²) < 4.78 is 26.1. The number of primary amides is 1. The summed E-state index contributed by atoms with van der Waals surface area (Å²) in [7, 11) is -3.55. The van der Waals surface area contributed by atoms with Crippen LogP contribution < -0.4 is 16.4 Å². The zero-order valence-electron chi connectivity index (χ0n) is 30.3. The second-order valence-electron chi connectivity index (χ2n) is 15.4. The van der Waals surface area contributed by atoms with Crippen LogP contribution in [0.2, 0.25) is 0 Å². The van der Waals surface area contributed by atoms with Gasteiger partial charge in [0.05, 0.1) is 35.4 Å². The fourth-order valence-corrected chi connectivity index (χ4v) is 9.63. The highest BCUT2D eigenvalue weighted by Crippen LogP contribution is 2.35. The van der Waals surface area contributed by atoms with E-state index in [4.69, 9.17) is 5.73 Å². The van der Waals surface area contributed by atoms with Crippen molar-refractivity contribution in [2.24, 2.45) is 22.6 Å². The lowest BCUT2D eigenvalue weighted by molar-refractivity contribution is -0.145. The van der Waals surface area contributed by atoms with Crippen LogP contribution in [0.3, 0.4) is 0 Å². The monoisotopic (exact) mass is 766 g/mol. The van der Waals surface area contributed by atoms with Crippen LogP contribution in [-0.4, -0.2) is 110 Å². The molecule has 0 radical (unpaired) electrons. The molecule has 6 rings (SSSR count).